The number of hydrogen-bond acceptors (Lipinski definition) is 4. The first-order valence-electron chi connectivity index (χ1n) is 8.05. The summed E-state index contributed by atoms with van der Waals surface area (Å²) in [5, 5.41) is 4.56. The van der Waals surface area contributed by atoms with Gasteiger partial charge in [-0.3, -0.25) is 0 Å². The molecule has 1 fully saturated rings. The smallest absolute Gasteiger partial charge is 0.150 e. The Balaban J connectivity index is 1.88. The molecule has 0 spiro atoms. The lowest BCUT2D eigenvalue weighted by Gasteiger charge is -2.21. The molecule has 1 saturated heterocycles. The summed E-state index contributed by atoms with van der Waals surface area (Å²) in [6.45, 7) is 6.09. The van der Waals surface area contributed by atoms with E-state index < -0.39 is 9.84 Å². The molecular weight excluding hydrogens is 310 g/mol. The Kier molecular flexibility index (Phi) is 4.27. The van der Waals surface area contributed by atoms with Crippen molar-refractivity contribution in [3.8, 4) is 5.69 Å². The maximum atomic E-state index is 11.6. The highest BCUT2D eigenvalue weighted by atomic mass is 32.2. The van der Waals surface area contributed by atoms with Crippen molar-refractivity contribution in [2.45, 2.75) is 40.0 Å². The number of aromatic nitrogens is 3. The molecule has 0 unspecified atom stereocenters. The fourth-order valence-electron chi connectivity index (χ4n) is 3.15. The molecule has 3 rings (SSSR count). The van der Waals surface area contributed by atoms with Gasteiger partial charge in [0.25, 0.3) is 0 Å². The molecule has 0 saturated carbocycles. The lowest BCUT2D eigenvalue weighted by Crippen LogP contribution is -2.25. The van der Waals surface area contributed by atoms with Crippen LogP contribution in [0.15, 0.2) is 18.2 Å². The predicted octanol–water partition coefficient (Wildman–Crippen LogP) is 2.56. The minimum absolute atomic E-state index is 0.300. The average molecular weight is 333 g/mol. The zero-order valence-corrected chi connectivity index (χ0v) is 14.7. The molecule has 0 amide bonds. The maximum absolute atomic E-state index is 11.6. The van der Waals surface area contributed by atoms with E-state index in [-0.39, 0.29) is 0 Å². The Labute approximate surface area is 137 Å². The summed E-state index contributed by atoms with van der Waals surface area (Å²) in [5.41, 5.74) is 3.49. The molecule has 0 radical (unpaired) electrons. The van der Waals surface area contributed by atoms with Crippen molar-refractivity contribution in [2.24, 2.45) is 5.92 Å². The fourth-order valence-corrected chi connectivity index (χ4v) is 4.74. The molecule has 2 heterocycles. The molecule has 1 aromatic carbocycles. The van der Waals surface area contributed by atoms with E-state index in [0.717, 1.165) is 36.6 Å². The van der Waals surface area contributed by atoms with Crippen LogP contribution in [0.1, 0.15) is 35.6 Å². The van der Waals surface area contributed by atoms with Crippen molar-refractivity contribution < 1.29 is 8.42 Å². The summed E-state index contributed by atoms with van der Waals surface area (Å²) in [7, 11) is -2.82. The number of aryl methyl sites for hydroxylation is 2. The van der Waals surface area contributed by atoms with Crippen LogP contribution in [0, 0.1) is 26.7 Å². The van der Waals surface area contributed by atoms with Gasteiger partial charge in [0.1, 0.15) is 21.5 Å². The lowest BCUT2D eigenvalue weighted by molar-refractivity contribution is 0.450. The summed E-state index contributed by atoms with van der Waals surface area (Å²) in [4.78, 5) is 4.59. The van der Waals surface area contributed by atoms with Crippen molar-refractivity contribution in [3.05, 3.63) is 41.0 Å². The molecule has 124 valence electrons. The zero-order chi connectivity index (χ0) is 16.6. The van der Waals surface area contributed by atoms with Gasteiger partial charge in [0.2, 0.25) is 0 Å². The van der Waals surface area contributed by atoms with Crippen molar-refractivity contribution in [3.63, 3.8) is 0 Å². The minimum Gasteiger partial charge on any atom is -0.229 e. The Hall–Kier alpha value is -1.69. The maximum Gasteiger partial charge on any atom is 0.150 e. The van der Waals surface area contributed by atoms with E-state index in [1.54, 1.807) is 0 Å². The van der Waals surface area contributed by atoms with Gasteiger partial charge in [0, 0.05) is 6.42 Å². The molecule has 0 aliphatic carbocycles. The van der Waals surface area contributed by atoms with E-state index in [2.05, 4.69) is 36.1 Å². The van der Waals surface area contributed by atoms with Gasteiger partial charge in [-0.05, 0) is 56.7 Å². The van der Waals surface area contributed by atoms with Gasteiger partial charge < -0.3 is 0 Å². The normalized spacial score (nSPS) is 18.2. The molecule has 1 aliphatic heterocycles. The highest BCUT2D eigenvalue weighted by Crippen LogP contribution is 2.25. The standard InChI is InChI=1S/C17H23N3O2S/c1-12-5-4-6-16(13(12)2)20-17(18-14(3)19-20)11-15-7-9-23(21,22)10-8-15/h4-6,15H,7-11H2,1-3H3. The van der Waals surface area contributed by atoms with Crippen LogP contribution in [-0.4, -0.2) is 34.7 Å². The van der Waals surface area contributed by atoms with Crippen LogP contribution in [0.2, 0.25) is 0 Å². The van der Waals surface area contributed by atoms with Crippen LogP contribution in [-0.2, 0) is 16.3 Å². The predicted molar refractivity (Wildman–Crippen MR) is 90.7 cm³/mol. The first kappa shape index (κ1) is 16.2. The van der Waals surface area contributed by atoms with Crippen molar-refractivity contribution in [2.75, 3.05) is 11.5 Å². The van der Waals surface area contributed by atoms with Gasteiger partial charge >= 0.3 is 0 Å². The highest BCUT2D eigenvalue weighted by Gasteiger charge is 2.25. The molecule has 23 heavy (non-hydrogen) atoms. The molecular formula is C17H23N3O2S. The SMILES string of the molecule is Cc1nc(CC2CCS(=O)(=O)CC2)n(-c2cccc(C)c2C)n1. The molecule has 0 N–H and O–H groups in total. The summed E-state index contributed by atoms with van der Waals surface area (Å²) in [5.74, 6) is 2.65. The van der Waals surface area contributed by atoms with Crippen LogP contribution in [0.3, 0.4) is 0 Å². The van der Waals surface area contributed by atoms with Crippen LogP contribution in [0.25, 0.3) is 5.69 Å². The Morgan fingerprint density at radius 1 is 1.17 bits per heavy atom. The second-order valence-electron chi connectivity index (χ2n) is 6.51. The lowest BCUT2D eigenvalue weighted by atomic mass is 9.98. The third-order valence-electron chi connectivity index (χ3n) is 4.73. The number of hydrogen-bond donors (Lipinski definition) is 0. The van der Waals surface area contributed by atoms with Gasteiger partial charge in [-0.15, -0.1) is 0 Å². The summed E-state index contributed by atoms with van der Waals surface area (Å²) in [6.07, 6.45) is 2.23. The minimum atomic E-state index is -2.82. The number of sulfone groups is 1. The number of rotatable bonds is 3. The van der Waals surface area contributed by atoms with Crippen molar-refractivity contribution in [1.82, 2.24) is 14.8 Å². The van der Waals surface area contributed by atoms with Gasteiger partial charge in [-0.2, -0.15) is 5.10 Å². The van der Waals surface area contributed by atoms with Gasteiger partial charge in [-0.1, -0.05) is 12.1 Å². The zero-order valence-electron chi connectivity index (χ0n) is 13.9. The van der Waals surface area contributed by atoms with Crippen molar-refractivity contribution in [1.29, 1.82) is 0 Å². The second kappa shape index (κ2) is 6.07. The van der Waals surface area contributed by atoms with Crippen molar-refractivity contribution >= 4 is 9.84 Å². The molecule has 1 aliphatic rings. The topological polar surface area (TPSA) is 64.8 Å². The van der Waals surface area contributed by atoms with E-state index in [0.29, 0.717) is 17.4 Å². The fraction of sp³-hybridized carbons (Fsp3) is 0.529. The number of nitrogens with zero attached hydrogens (tertiary/aromatic N) is 3. The van der Waals surface area contributed by atoms with E-state index in [9.17, 15) is 8.42 Å². The highest BCUT2D eigenvalue weighted by molar-refractivity contribution is 7.91. The van der Waals surface area contributed by atoms with E-state index in [4.69, 9.17) is 0 Å². The molecule has 2 aromatic rings. The Morgan fingerprint density at radius 3 is 2.57 bits per heavy atom. The average Bonchev–Trinajstić information content (AvgIpc) is 2.85. The first-order chi connectivity index (χ1) is 10.9. The monoisotopic (exact) mass is 333 g/mol. The molecule has 0 atom stereocenters. The van der Waals surface area contributed by atoms with Gasteiger partial charge in [-0.25, -0.2) is 18.1 Å². The second-order valence-corrected chi connectivity index (χ2v) is 8.81. The van der Waals surface area contributed by atoms with Gasteiger partial charge in [0.15, 0.2) is 0 Å². The first-order valence-corrected chi connectivity index (χ1v) is 9.87. The molecule has 5 nitrogen and oxygen atoms in total. The molecule has 6 heteroatoms. The third-order valence-corrected chi connectivity index (χ3v) is 6.45. The van der Waals surface area contributed by atoms with E-state index in [1.165, 1.54) is 11.1 Å². The molecule has 0 bridgehead atoms. The Bertz CT molecular complexity index is 810. The third kappa shape index (κ3) is 3.47. The van der Waals surface area contributed by atoms with Gasteiger partial charge in [0.05, 0.1) is 17.2 Å². The van der Waals surface area contributed by atoms with Crippen LogP contribution < -0.4 is 0 Å². The summed E-state index contributed by atoms with van der Waals surface area (Å²) >= 11 is 0. The Morgan fingerprint density at radius 2 is 1.87 bits per heavy atom. The largest absolute Gasteiger partial charge is 0.229 e. The van der Waals surface area contributed by atoms with E-state index >= 15 is 0 Å². The van der Waals surface area contributed by atoms with Crippen LogP contribution in [0.4, 0.5) is 0 Å². The summed E-state index contributed by atoms with van der Waals surface area (Å²) in [6, 6.07) is 6.19. The van der Waals surface area contributed by atoms with Crippen LogP contribution >= 0.6 is 0 Å². The molecule has 1 aromatic heterocycles. The quantitative estimate of drug-likeness (QED) is 0.866. The van der Waals surface area contributed by atoms with E-state index in [1.807, 2.05) is 17.7 Å². The number of benzene rings is 1. The summed E-state index contributed by atoms with van der Waals surface area (Å²) < 4.78 is 25.1. The van der Waals surface area contributed by atoms with Crippen LogP contribution in [0.5, 0.6) is 0 Å².